The van der Waals surface area contributed by atoms with Gasteiger partial charge in [-0.05, 0) is 47.6 Å². The zero-order chi connectivity index (χ0) is 18.0. The second kappa shape index (κ2) is 8.19. The van der Waals surface area contributed by atoms with Gasteiger partial charge in [0.05, 0.1) is 5.41 Å². The second-order valence-corrected chi connectivity index (χ2v) is 7.23. The Morgan fingerprint density at radius 2 is 1.62 bits per heavy atom. The number of benzene rings is 2. The Hall–Kier alpha value is -1.91. The Balaban J connectivity index is 0.00000243. The number of halogens is 2. The first-order valence-electron chi connectivity index (χ1n) is 8.82. The van der Waals surface area contributed by atoms with Gasteiger partial charge in [0.25, 0.3) is 0 Å². The first-order chi connectivity index (χ1) is 11.9. The van der Waals surface area contributed by atoms with Gasteiger partial charge in [0.15, 0.2) is 0 Å². The van der Waals surface area contributed by atoms with Crippen LogP contribution in [0.3, 0.4) is 0 Å². The van der Waals surface area contributed by atoms with E-state index in [9.17, 15) is 9.18 Å². The zero-order valence-electron chi connectivity index (χ0n) is 15.2. The summed E-state index contributed by atoms with van der Waals surface area (Å²) in [6.45, 7) is 4.70. The van der Waals surface area contributed by atoms with Crippen LogP contribution < -0.4 is 11.1 Å². The largest absolute Gasteiger partial charge is 0.353 e. The maximum Gasteiger partial charge on any atom is 0.230 e. The van der Waals surface area contributed by atoms with Crippen molar-refractivity contribution < 1.29 is 9.18 Å². The van der Waals surface area contributed by atoms with E-state index in [2.05, 4.69) is 31.3 Å². The number of nitrogens with one attached hydrogen (secondary N) is 1. The van der Waals surface area contributed by atoms with Gasteiger partial charge in [0.2, 0.25) is 5.91 Å². The van der Waals surface area contributed by atoms with Crippen LogP contribution in [0.4, 0.5) is 4.39 Å². The number of nitrogens with two attached hydrogens (primary N) is 1. The van der Waals surface area contributed by atoms with Gasteiger partial charge in [-0.15, -0.1) is 12.4 Å². The van der Waals surface area contributed by atoms with E-state index in [4.69, 9.17) is 5.73 Å². The number of carbonyl (C=O) groups excluding carboxylic acids is 1. The molecule has 3 rings (SSSR count). The molecule has 5 heteroatoms. The van der Waals surface area contributed by atoms with Crippen molar-refractivity contribution in [1.29, 1.82) is 0 Å². The number of hydrogen-bond acceptors (Lipinski definition) is 2. The summed E-state index contributed by atoms with van der Waals surface area (Å²) in [7, 11) is 0. The van der Waals surface area contributed by atoms with Crippen LogP contribution in [-0.4, -0.2) is 12.5 Å². The molecule has 26 heavy (non-hydrogen) atoms. The summed E-state index contributed by atoms with van der Waals surface area (Å²) in [5.41, 5.74) is 8.88. The van der Waals surface area contributed by atoms with Crippen LogP contribution >= 0.6 is 12.4 Å². The van der Waals surface area contributed by atoms with Crippen LogP contribution in [-0.2, 0) is 10.2 Å². The summed E-state index contributed by atoms with van der Waals surface area (Å²) >= 11 is 0. The van der Waals surface area contributed by atoms with Crippen molar-refractivity contribution in [2.45, 2.75) is 44.1 Å². The average molecular weight is 377 g/mol. The SMILES string of the molecule is CC(C)c1ccc(C(N)CNC(=O)C2(c3ccc(F)cc3)CC2)cc1.Cl. The lowest BCUT2D eigenvalue weighted by Gasteiger charge is -2.19. The van der Waals surface area contributed by atoms with E-state index in [0.717, 1.165) is 24.0 Å². The molecule has 1 amide bonds. The lowest BCUT2D eigenvalue weighted by molar-refractivity contribution is -0.123. The summed E-state index contributed by atoms with van der Waals surface area (Å²) in [5, 5.41) is 2.98. The Labute approximate surface area is 160 Å². The molecule has 0 saturated heterocycles. The van der Waals surface area contributed by atoms with E-state index in [1.54, 1.807) is 12.1 Å². The summed E-state index contributed by atoms with van der Waals surface area (Å²) in [6, 6.07) is 14.2. The molecule has 1 aliphatic carbocycles. The first kappa shape index (κ1) is 20.4. The molecule has 0 aliphatic heterocycles. The normalized spacial score (nSPS) is 15.9. The second-order valence-electron chi connectivity index (χ2n) is 7.23. The molecule has 1 fully saturated rings. The molecule has 1 atom stereocenters. The molecular weight excluding hydrogens is 351 g/mol. The van der Waals surface area contributed by atoms with Crippen LogP contribution in [0.2, 0.25) is 0 Å². The highest BCUT2D eigenvalue weighted by atomic mass is 35.5. The van der Waals surface area contributed by atoms with Crippen LogP contribution in [0.5, 0.6) is 0 Å². The maximum atomic E-state index is 13.1. The molecule has 3 nitrogen and oxygen atoms in total. The Bertz CT molecular complexity index is 740. The van der Waals surface area contributed by atoms with Gasteiger partial charge in [-0.2, -0.15) is 0 Å². The number of carbonyl (C=O) groups is 1. The summed E-state index contributed by atoms with van der Waals surface area (Å²) < 4.78 is 13.1. The van der Waals surface area contributed by atoms with Gasteiger partial charge < -0.3 is 11.1 Å². The predicted octanol–water partition coefficient (Wildman–Crippen LogP) is 4.22. The lowest BCUT2D eigenvalue weighted by Crippen LogP contribution is -2.38. The third-order valence-corrected chi connectivity index (χ3v) is 5.10. The third kappa shape index (κ3) is 4.25. The van der Waals surface area contributed by atoms with Crippen molar-refractivity contribution in [2.75, 3.05) is 6.54 Å². The maximum absolute atomic E-state index is 13.1. The molecule has 0 bridgehead atoms. The molecule has 140 valence electrons. The molecule has 2 aromatic rings. The quantitative estimate of drug-likeness (QED) is 0.793. The van der Waals surface area contributed by atoms with E-state index in [1.807, 2.05) is 12.1 Å². The summed E-state index contributed by atoms with van der Waals surface area (Å²) in [4.78, 5) is 12.6. The standard InChI is InChI=1S/C21H25FN2O.ClH/c1-14(2)15-3-5-16(6-4-15)19(23)13-24-20(25)21(11-12-21)17-7-9-18(22)10-8-17;/h3-10,14,19H,11-13,23H2,1-2H3,(H,24,25);1H. The van der Waals surface area contributed by atoms with Gasteiger partial charge in [-0.1, -0.05) is 50.2 Å². The fraction of sp³-hybridized carbons (Fsp3) is 0.381. The Morgan fingerprint density at radius 3 is 2.12 bits per heavy atom. The topological polar surface area (TPSA) is 55.1 Å². The summed E-state index contributed by atoms with van der Waals surface area (Å²) in [6.07, 6.45) is 1.59. The van der Waals surface area contributed by atoms with Crippen LogP contribution in [0.1, 0.15) is 55.3 Å². The first-order valence-corrected chi connectivity index (χ1v) is 8.82. The van der Waals surface area contributed by atoms with Gasteiger partial charge in [-0.25, -0.2) is 4.39 Å². The fourth-order valence-electron chi connectivity index (χ4n) is 3.16. The highest BCUT2D eigenvalue weighted by Gasteiger charge is 2.51. The summed E-state index contributed by atoms with van der Waals surface area (Å²) in [5.74, 6) is 0.176. The van der Waals surface area contributed by atoms with E-state index in [-0.39, 0.29) is 30.2 Å². The molecule has 2 aromatic carbocycles. The highest BCUT2D eigenvalue weighted by molar-refractivity contribution is 5.91. The predicted molar refractivity (Wildman–Crippen MR) is 105 cm³/mol. The molecule has 0 spiro atoms. The van der Waals surface area contributed by atoms with Crippen molar-refractivity contribution >= 4 is 18.3 Å². The zero-order valence-corrected chi connectivity index (χ0v) is 16.0. The smallest absolute Gasteiger partial charge is 0.230 e. The van der Waals surface area contributed by atoms with Gasteiger partial charge in [0.1, 0.15) is 5.82 Å². The van der Waals surface area contributed by atoms with Crippen LogP contribution in [0, 0.1) is 5.82 Å². The molecular formula is C21H26ClFN2O. The Morgan fingerprint density at radius 1 is 1.08 bits per heavy atom. The van der Waals surface area contributed by atoms with Crippen molar-refractivity contribution in [3.05, 3.63) is 71.0 Å². The minimum Gasteiger partial charge on any atom is -0.353 e. The molecule has 1 aliphatic rings. The van der Waals surface area contributed by atoms with Crippen molar-refractivity contribution in [2.24, 2.45) is 5.73 Å². The average Bonchev–Trinajstić information content (AvgIpc) is 3.42. The number of amides is 1. The monoisotopic (exact) mass is 376 g/mol. The molecule has 3 N–H and O–H groups in total. The van der Waals surface area contributed by atoms with Crippen LogP contribution in [0.25, 0.3) is 0 Å². The minimum atomic E-state index is -0.505. The number of hydrogen-bond donors (Lipinski definition) is 2. The Kier molecular flexibility index (Phi) is 6.43. The third-order valence-electron chi connectivity index (χ3n) is 5.10. The lowest BCUT2D eigenvalue weighted by atomic mass is 9.94. The minimum absolute atomic E-state index is 0. The van der Waals surface area contributed by atoms with E-state index >= 15 is 0 Å². The molecule has 1 saturated carbocycles. The molecule has 0 heterocycles. The van der Waals surface area contributed by atoms with Gasteiger partial charge in [0, 0.05) is 12.6 Å². The van der Waals surface area contributed by atoms with Crippen molar-refractivity contribution in [3.8, 4) is 0 Å². The van der Waals surface area contributed by atoms with Gasteiger partial charge in [-0.3, -0.25) is 4.79 Å². The van der Waals surface area contributed by atoms with E-state index < -0.39 is 5.41 Å². The molecule has 1 unspecified atom stereocenters. The molecule has 0 radical (unpaired) electrons. The van der Waals surface area contributed by atoms with E-state index in [1.165, 1.54) is 17.7 Å². The fourth-order valence-corrected chi connectivity index (χ4v) is 3.16. The number of rotatable bonds is 6. The highest BCUT2D eigenvalue weighted by Crippen LogP contribution is 2.48. The van der Waals surface area contributed by atoms with Crippen LogP contribution in [0.15, 0.2) is 48.5 Å². The van der Waals surface area contributed by atoms with Crippen molar-refractivity contribution in [1.82, 2.24) is 5.32 Å². The van der Waals surface area contributed by atoms with E-state index in [0.29, 0.717) is 12.5 Å². The molecule has 0 aromatic heterocycles. The van der Waals surface area contributed by atoms with Crippen molar-refractivity contribution in [3.63, 3.8) is 0 Å². The van der Waals surface area contributed by atoms with Gasteiger partial charge >= 0.3 is 0 Å².